The first kappa shape index (κ1) is 12.9. The molecule has 0 aromatic heterocycles. The van der Waals surface area contributed by atoms with Gasteiger partial charge < -0.3 is 10.2 Å². The van der Waals surface area contributed by atoms with Crippen LogP contribution in [-0.4, -0.2) is 36.1 Å². The standard InChI is InChI=1S/C11H26N2/c1-10(2,3)12-8-9-13(7)11(4,5)6/h12H,8-9H2,1-7H3. The molecule has 0 saturated heterocycles. The van der Waals surface area contributed by atoms with Gasteiger partial charge in [-0.25, -0.2) is 0 Å². The third-order valence-electron chi connectivity index (χ3n) is 2.25. The lowest BCUT2D eigenvalue weighted by Crippen LogP contribution is -2.45. The van der Waals surface area contributed by atoms with Gasteiger partial charge in [-0.05, 0) is 48.6 Å². The van der Waals surface area contributed by atoms with Crippen molar-refractivity contribution in [3.05, 3.63) is 0 Å². The summed E-state index contributed by atoms with van der Waals surface area (Å²) in [7, 11) is 2.17. The van der Waals surface area contributed by atoms with Crippen LogP contribution in [0.1, 0.15) is 41.5 Å². The third-order valence-corrected chi connectivity index (χ3v) is 2.25. The van der Waals surface area contributed by atoms with Crippen LogP contribution in [0.3, 0.4) is 0 Å². The Balaban J connectivity index is 3.67. The highest BCUT2D eigenvalue weighted by atomic mass is 15.2. The monoisotopic (exact) mass is 186 g/mol. The van der Waals surface area contributed by atoms with Crippen molar-refractivity contribution >= 4 is 0 Å². The Labute approximate surface area is 83.7 Å². The van der Waals surface area contributed by atoms with E-state index in [2.05, 4.69) is 58.8 Å². The lowest BCUT2D eigenvalue weighted by atomic mass is 10.1. The van der Waals surface area contributed by atoms with Gasteiger partial charge in [0.25, 0.3) is 0 Å². The van der Waals surface area contributed by atoms with Crippen LogP contribution in [-0.2, 0) is 0 Å². The van der Waals surface area contributed by atoms with Gasteiger partial charge in [0.05, 0.1) is 0 Å². The highest BCUT2D eigenvalue weighted by Gasteiger charge is 2.16. The van der Waals surface area contributed by atoms with Crippen molar-refractivity contribution in [2.24, 2.45) is 0 Å². The summed E-state index contributed by atoms with van der Waals surface area (Å²) in [6, 6.07) is 0. The first-order chi connectivity index (χ1) is 5.63. The summed E-state index contributed by atoms with van der Waals surface area (Å²) in [6.07, 6.45) is 0. The van der Waals surface area contributed by atoms with E-state index in [1.54, 1.807) is 0 Å². The van der Waals surface area contributed by atoms with Crippen LogP contribution in [0.15, 0.2) is 0 Å². The summed E-state index contributed by atoms with van der Waals surface area (Å²) in [5, 5.41) is 3.48. The molecule has 0 saturated carbocycles. The minimum Gasteiger partial charge on any atom is -0.311 e. The summed E-state index contributed by atoms with van der Waals surface area (Å²) in [5.74, 6) is 0. The van der Waals surface area contributed by atoms with Crippen molar-refractivity contribution in [2.45, 2.75) is 52.6 Å². The molecule has 0 aromatic carbocycles. The van der Waals surface area contributed by atoms with Crippen LogP contribution in [0, 0.1) is 0 Å². The number of rotatable bonds is 3. The van der Waals surface area contributed by atoms with Crippen LogP contribution in [0.4, 0.5) is 0 Å². The largest absolute Gasteiger partial charge is 0.311 e. The van der Waals surface area contributed by atoms with Crippen molar-refractivity contribution in [3.8, 4) is 0 Å². The molecule has 0 aliphatic rings. The van der Waals surface area contributed by atoms with Gasteiger partial charge in [-0.15, -0.1) is 0 Å². The normalized spacial score (nSPS) is 13.8. The summed E-state index contributed by atoms with van der Waals surface area (Å²) >= 11 is 0. The molecule has 0 aliphatic heterocycles. The molecule has 0 aliphatic carbocycles. The quantitative estimate of drug-likeness (QED) is 0.726. The van der Waals surface area contributed by atoms with E-state index in [0.717, 1.165) is 13.1 Å². The fourth-order valence-electron chi connectivity index (χ4n) is 0.934. The number of nitrogens with zero attached hydrogens (tertiary/aromatic N) is 1. The maximum atomic E-state index is 3.48. The number of nitrogens with one attached hydrogen (secondary N) is 1. The smallest absolute Gasteiger partial charge is 0.0122 e. The molecular weight excluding hydrogens is 160 g/mol. The van der Waals surface area contributed by atoms with Gasteiger partial charge in [-0.1, -0.05) is 0 Å². The summed E-state index contributed by atoms with van der Waals surface area (Å²) < 4.78 is 0. The molecule has 13 heavy (non-hydrogen) atoms. The maximum Gasteiger partial charge on any atom is 0.0122 e. The average molecular weight is 186 g/mol. The highest BCUT2D eigenvalue weighted by molar-refractivity contribution is 4.76. The van der Waals surface area contributed by atoms with Crippen LogP contribution in [0.2, 0.25) is 0 Å². The molecule has 80 valence electrons. The molecular formula is C11H26N2. The molecule has 0 fully saturated rings. The minimum atomic E-state index is 0.235. The van der Waals surface area contributed by atoms with E-state index in [1.165, 1.54) is 0 Å². The first-order valence-electron chi connectivity index (χ1n) is 5.09. The van der Waals surface area contributed by atoms with Crippen molar-refractivity contribution < 1.29 is 0 Å². The second-order valence-electron chi connectivity index (χ2n) is 5.77. The topological polar surface area (TPSA) is 15.3 Å². The Morgan fingerprint density at radius 3 is 1.77 bits per heavy atom. The van der Waals surface area contributed by atoms with Gasteiger partial charge in [0.1, 0.15) is 0 Å². The average Bonchev–Trinajstić information content (AvgIpc) is 1.82. The van der Waals surface area contributed by atoms with Crippen LogP contribution in [0.5, 0.6) is 0 Å². The van der Waals surface area contributed by atoms with E-state index in [9.17, 15) is 0 Å². The number of hydrogen-bond acceptors (Lipinski definition) is 2. The zero-order valence-electron chi connectivity index (χ0n) is 10.4. The molecule has 0 unspecified atom stereocenters. The van der Waals surface area contributed by atoms with Crippen molar-refractivity contribution in [1.29, 1.82) is 0 Å². The lowest BCUT2D eigenvalue weighted by Gasteiger charge is -2.33. The van der Waals surface area contributed by atoms with Gasteiger partial charge in [-0.2, -0.15) is 0 Å². The molecule has 0 heterocycles. The molecule has 0 bridgehead atoms. The molecule has 0 spiro atoms. The second kappa shape index (κ2) is 4.43. The molecule has 0 radical (unpaired) electrons. The zero-order chi connectivity index (χ0) is 10.7. The van der Waals surface area contributed by atoms with Crippen LogP contribution >= 0.6 is 0 Å². The Bertz CT molecular complexity index is 139. The van der Waals surface area contributed by atoms with Gasteiger partial charge in [-0.3, -0.25) is 0 Å². The first-order valence-corrected chi connectivity index (χ1v) is 5.09. The molecule has 0 amide bonds. The Morgan fingerprint density at radius 2 is 1.46 bits per heavy atom. The van der Waals surface area contributed by atoms with Gasteiger partial charge in [0.2, 0.25) is 0 Å². The van der Waals surface area contributed by atoms with Crippen molar-refractivity contribution in [3.63, 3.8) is 0 Å². The van der Waals surface area contributed by atoms with E-state index >= 15 is 0 Å². The summed E-state index contributed by atoms with van der Waals surface area (Å²) in [6.45, 7) is 15.5. The molecule has 0 aromatic rings. The SMILES string of the molecule is CN(CCNC(C)(C)C)C(C)(C)C. The fraction of sp³-hybridized carbons (Fsp3) is 1.00. The lowest BCUT2D eigenvalue weighted by molar-refractivity contribution is 0.172. The van der Waals surface area contributed by atoms with E-state index in [4.69, 9.17) is 0 Å². The predicted octanol–water partition coefficient (Wildman–Crippen LogP) is 2.10. The van der Waals surface area contributed by atoms with E-state index in [0.29, 0.717) is 0 Å². The number of hydrogen-bond donors (Lipinski definition) is 1. The van der Waals surface area contributed by atoms with E-state index in [-0.39, 0.29) is 11.1 Å². The van der Waals surface area contributed by atoms with Gasteiger partial charge >= 0.3 is 0 Å². The Kier molecular flexibility index (Phi) is 4.40. The summed E-state index contributed by atoms with van der Waals surface area (Å²) in [5.41, 5.74) is 0.512. The minimum absolute atomic E-state index is 0.235. The van der Waals surface area contributed by atoms with Crippen molar-refractivity contribution in [1.82, 2.24) is 10.2 Å². The highest BCUT2D eigenvalue weighted by Crippen LogP contribution is 2.09. The number of likely N-dealkylation sites (N-methyl/N-ethyl adjacent to an activating group) is 1. The Morgan fingerprint density at radius 1 is 1.00 bits per heavy atom. The van der Waals surface area contributed by atoms with E-state index in [1.807, 2.05) is 0 Å². The molecule has 0 rings (SSSR count). The Hall–Kier alpha value is -0.0800. The summed E-state index contributed by atoms with van der Waals surface area (Å²) in [4.78, 5) is 2.37. The zero-order valence-corrected chi connectivity index (χ0v) is 10.4. The molecule has 2 heteroatoms. The second-order valence-corrected chi connectivity index (χ2v) is 5.77. The fourth-order valence-corrected chi connectivity index (χ4v) is 0.934. The van der Waals surface area contributed by atoms with E-state index < -0.39 is 0 Å². The van der Waals surface area contributed by atoms with Gasteiger partial charge in [0.15, 0.2) is 0 Å². The van der Waals surface area contributed by atoms with Crippen LogP contribution in [0.25, 0.3) is 0 Å². The molecule has 0 atom stereocenters. The predicted molar refractivity (Wildman–Crippen MR) is 60.1 cm³/mol. The molecule has 1 N–H and O–H groups in total. The third kappa shape index (κ3) is 7.03. The van der Waals surface area contributed by atoms with Crippen LogP contribution < -0.4 is 5.32 Å². The van der Waals surface area contributed by atoms with Gasteiger partial charge in [0, 0.05) is 24.2 Å². The maximum absolute atomic E-state index is 3.48. The molecule has 2 nitrogen and oxygen atoms in total. The van der Waals surface area contributed by atoms with Crippen molar-refractivity contribution in [2.75, 3.05) is 20.1 Å².